The maximum absolute atomic E-state index is 13.4. The van der Waals surface area contributed by atoms with Crippen molar-refractivity contribution in [2.45, 2.75) is 6.92 Å². The third-order valence-electron chi connectivity index (χ3n) is 6.84. The lowest BCUT2D eigenvalue weighted by molar-refractivity contribution is -0.110. The molecule has 1 fully saturated rings. The number of halogens is 1. The molecule has 4 aromatic rings. The smallest absolute Gasteiger partial charge is 0.279 e. The summed E-state index contributed by atoms with van der Waals surface area (Å²) in [6.07, 6.45) is 2.37. The first-order valence-electron chi connectivity index (χ1n) is 12.7. The number of aryl methyl sites for hydroxylation is 1. The standard InChI is InChI=1S/C29H30FN7O2/c1-20-17-25(21-7-5-4-6-8-21)27(35(20)2)26(34-39-3)28(38)33-23-9-11-24(12-10-23)36-13-15-37(16-14-36)29-31-18-22(30)19-32-29/h4-12,17-19H,13-16H2,1-3H3,(H,33,38). The second-order valence-corrected chi connectivity index (χ2v) is 9.27. The number of rotatable bonds is 7. The summed E-state index contributed by atoms with van der Waals surface area (Å²) in [5, 5.41) is 7.09. The Balaban J connectivity index is 1.28. The molecule has 39 heavy (non-hydrogen) atoms. The zero-order valence-corrected chi connectivity index (χ0v) is 22.1. The van der Waals surface area contributed by atoms with Gasteiger partial charge in [0.15, 0.2) is 11.5 Å². The highest BCUT2D eigenvalue weighted by Crippen LogP contribution is 2.28. The number of carbonyl (C=O) groups excluding carboxylic acids is 1. The van der Waals surface area contributed by atoms with E-state index < -0.39 is 5.82 Å². The number of hydrogen-bond acceptors (Lipinski definition) is 7. The van der Waals surface area contributed by atoms with E-state index in [1.54, 1.807) is 0 Å². The van der Waals surface area contributed by atoms with Gasteiger partial charge in [0.1, 0.15) is 7.11 Å². The van der Waals surface area contributed by atoms with Gasteiger partial charge in [-0.05, 0) is 42.8 Å². The second kappa shape index (κ2) is 11.3. The van der Waals surface area contributed by atoms with Gasteiger partial charge in [-0.25, -0.2) is 14.4 Å². The molecule has 1 saturated heterocycles. The maximum Gasteiger partial charge on any atom is 0.279 e. The molecule has 5 rings (SSSR count). The van der Waals surface area contributed by atoms with Gasteiger partial charge in [0, 0.05) is 55.9 Å². The highest BCUT2D eigenvalue weighted by molar-refractivity contribution is 6.49. The van der Waals surface area contributed by atoms with Gasteiger partial charge in [-0.1, -0.05) is 35.5 Å². The quantitative estimate of drug-likeness (QED) is 0.286. The molecule has 9 nitrogen and oxygen atoms in total. The number of anilines is 3. The van der Waals surface area contributed by atoms with Gasteiger partial charge in [-0.2, -0.15) is 0 Å². The fourth-order valence-electron chi connectivity index (χ4n) is 4.72. The molecule has 2 aromatic heterocycles. The molecule has 3 heterocycles. The van der Waals surface area contributed by atoms with Crippen LogP contribution < -0.4 is 15.1 Å². The lowest BCUT2D eigenvalue weighted by Crippen LogP contribution is -2.47. The Hall–Kier alpha value is -4.73. The molecule has 1 aliphatic rings. The van der Waals surface area contributed by atoms with Crippen LogP contribution in [0.25, 0.3) is 11.1 Å². The van der Waals surface area contributed by atoms with Crippen molar-refractivity contribution in [3.05, 3.63) is 90.3 Å². The average molecular weight is 528 g/mol. The van der Waals surface area contributed by atoms with E-state index in [2.05, 4.69) is 25.3 Å². The topological polar surface area (TPSA) is 87.9 Å². The molecule has 1 N–H and O–H groups in total. The van der Waals surface area contributed by atoms with Crippen molar-refractivity contribution < 1.29 is 14.0 Å². The number of benzene rings is 2. The van der Waals surface area contributed by atoms with E-state index in [1.165, 1.54) is 19.5 Å². The van der Waals surface area contributed by atoms with E-state index >= 15 is 0 Å². The van der Waals surface area contributed by atoms with E-state index in [9.17, 15) is 9.18 Å². The number of oxime groups is 1. The molecule has 0 atom stereocenters. The van der Waals surface area contributed by atoms with Gasteiger partial charge in [0.25, 0.3) is 5.91 Å². The van der Waals surface area contributed by atoms with Crippen LogP contribution in [0.15, 0.2) is 78.2 Å². The van der Waals surface area contributed by atoms with Crippen molar-refractivity contribution in [2.75, 3.05) is 48.4 Å². The summed E-state index contributed by atoms with van der Waals surface area (Å²) in [6.45, 7) is 4.98. The predicted octanol–water partition coefficient (Wildman–Crippen LogP) is 4.25. The minimum atomic E-state index is -0.444. The summed E-state index contributed by atoms with van der Waals surface area (Å²) in [5.41, 5.74) is 5.45. The number of nitrogens with one attached hydrogen (secondary N) is 1. The normalized spacial score (nSPS) is 13.9. The summed E-state index contributed by atoms with van der Waals surface area (Å²) in [7, 11) is 3.34. The highest BCUT2D eigenvalue weighted by atomic mass is 19.1. The number of hydrogen-bond donors (Lipinski definition) is 1. The fraction of sp³-hybridized carbons (Fsp3) is 0.241. The molecular formula is C29H30FN7O2. The SMILES string of the molecule is CON=C(C(=O)Nc1ccc(N2CCN(c3ncc(F)cn3)CC2)cc1)c1c(-c2ccccc2)cc(C)n1C. The van der Waals surface area contributed by atoms with E-state index in [-0.39, 0.29) is 11.6 Å². The van der Waals surface area contributed by atoms with Crippen molar-refractivity contribution in [2.24, 2.45) is 12.2 Å². The highest BCUT2D eigenvalue weighted by Gasteiger charge is 2.25. The molecule has 0 radical (unpaired) electrons. The summed E-state index contributed by atoms with van der Waals surface area (Å²) < 4.78 is 15.1. The Kier molecular flexibility index (Phi) is 7.53. The van der Waals surface area contributed by atoms with Crippen LogP contribution in [-0.4, -0.2) is 59.4 Å². The zero-order chi connectivity index (χ0) is 27.4. The van der Waals surface area contributed by atoms with Gasteiger partial charge < -0.3 is 24.5 Å². The van der Waals surface area contributed by atoms with Crippen molar-refractivity contribution >= 4 is 28.9 Å². The van der Waals surface area contributed by atoms with Crippen LogP contribution in [0.4, 0.5) is 21.7 Å². The summed E-state index contributed by atoms with van der Waals surface area (Å²) >= 11 is 0. The van der Waals surface area contributed by atoms with Gasteiger partial charge in [-0.15, -0.1) is 0 Å². The largest absolute Gasteiger partial charge is 0.398 e. The maximum atomic E-state index is 13.4. The molecule has 200 valence electrons. The van der Waals surface area contributed by atoms with Crippen LogP contribution in [0.2, 0.25) is 0 Å². The molecule has 0 bridgehead atoms. The van der Waals surface area contributed by atoms with Crippen LogP contribution in [0.3, 0.4) is 0 Å². The molecule has 10 heteroatoms. The minimum absolute atomic E-state index is 0.190. The van der Waals surface area contributed by atoms with E-state index in [1.807, 2.05) is 84.1 Å². The molecule has 0 spiro atoms. The fourth-order valence-corrected chi connectivity index (χ4v) is 4.72. The Morgan fingerprint density at radius 1 is 0.974 bits per heavy atom. The third-order valence-corrected chi connectivity index (χ3v) is 6.84. The van der Waals surface area contributed by atoms with Crippen molar-refractivity contribution in [3.8, 4) is 11.1 Å². The predicted molar refractivity (Wildman–Crippen MR) is 151 cm³/mol. The van der Waals surface area contributed by atoms with E-state index in [0.29, 0.717) is 17.3 Å². The van der Waals surface area contributed by atoms with Gasteiger partial charge >= 0.3 is 0 Å². The van der Waals surface area contributed by atoms with Crippen molar-refractivity contribution in [1.29, 1.82) is 0 Å². The van der Waals surface area contributed by atoms with Crippen molar-refractivity contribution in [3.63, 3.8) is 0 Å². The van der Waals surface area contributed by atoms with Gasteiger partial charge in [0.05, 0.1) is 18.1 Å². The molecular weight excluding hydrogens is 497 g/mol. The monoisotopic (exact) mass is 527 g/mol. The summed E-state index contributed by atoms with van der Waals surface area (Å²) in [5.74, 6) is -0.275. The van der Waals surface area contributed by atoms with Crippen molar-refractivity contribution in [1.82, 2.24) is 14.5 Å². The Morgan fingerprint density at radius 2 is 1.62 bits per heavy atom. The lowest BCUT2D eigenvalue weighted by Gasteiger charge is -2.36. The molecule has 2 aromatic carbocycles. The van der Waals surface area contributed by atoms with Crippen LogP contribution in [-0.2, 0) is 16.7 Å². The molecule has 0 aliphatic carbocycles. The number of nitrogens with zero attached hydrogens (tertiary/aromatic N) is 6. The third kappa shape index (κ3) is 5.59. The summed E-state index contributed by atoms with van der Waals surface area (Å²) in [6, 6.07) is 19.7. The first-order valence-corrected chi connectivity index (χ1v) is 12.7. The Bertz CT molecular complexity index is 1460. The molecule has 1 amide bonds. The van der Waals surface area contributed by atoms with E-state index in [4.69, 9.17) is 4.84 Å². The average Bonchev–Trinajstić information content (AvgIpc) is 3.26. The molecule has 1 aliphatic heterocycles. The molecule has 0 unspecified atom stereocenters. The van der Waals surface area contributed by atoms with Crippen LogP contribution in [0.1, 0.15) is 11.4 Å². The number of piperazine rings is 1. The number of carbonyl (C=O) groups is 1. The van der Waals surface area contributed by atoms with Crippen LogP contribution >= 0.6 is 0 Å². The first-order chi connectivity index (χ1) is 18.9. The Morgan fingerprint density at radius 3 is 2.26 bits per heavy atom. The first kappa shape index (κ1) is 25.9. The Labute approximate surface area is 226 Å². The summed E-state index contributed by atoms with van der Waals surface area (Å²) in [4.78, 5) is 31.0. The lowest BCUT2D eigenvalue weighted by atomic mass is 10.0. The zero-order valence-electron chi connectivity index (χ0n) is 22.1. The number of amides is 1. The van der Waals surface area contributed by atoms with Crippen LogP contribution in [0, 0.1) is 12.7 Å². The minimum Gasteiger partial charge on any atom is -0.398 e. The van der Waals surface area contributed by atoms with Gasteiger partial charge in [0.2, 0.25) is 5.95 Å². The van der Waals surface area contributed by atoms with Crippen LogP contribution in [0.5, 0.6) is 0 Å². The van der Waals surface area contributed by atoms with E-state index in [0.717, 1.165) is 48.7 Å². The van der Waals surface area contributed by atoms with Gasteiger partial charge in [-0.3, -0.25) is 4.79 Å². The molecule has 0 saturated carbocycles. The number of aromatic nitrogens is 3. The second-order valence-electron chi connectivity index (χ2n) is 9.27.